The van der Waals surface area contributed by atoms with Gasteiger partial charge in [-0.3, -0.25) is 4.90 Å². The molecule has 0 unspecified atom stereocenters. The van der Waals surface area contributed by atoms with Crippen LogP contribution in [0, 0.1) is 0 Å². The number of urea groups is 1. The van der Waals surface area contributed by atoms with Crippen LogP contribution in [0.3, 0.4) is 0 Å². The zero-order valence-electron chi connectivity index (χ0n) is 11.1. The minimum Gasteiger partial charge on any atom is -0.480 e. The standard InChI is InChI=1S/C14H14N4O3/c19-13(20)12-5-9-3-1-2-4-11(9)18(12)14(21)16-7-10-6-15-8-17-10/h1-4,6,8,12H,5,7H2,(H,15,17)(H,16,21)(H,19,20)/t12-/m0/s1. The van der Waals surface area contributed by atoms with Gasteiger partial charge in [-0.1, -0.05) is 18.2 Å². The Morgan fingerprint density at radius 3 is 2.95 bits per heavy atom. The van der Waals surface area contributed by atoms with Crippen LogP contribution in [0.4, 0.5) is 10.5 Å². The average Bonchev–Trinajstić information content (AvgIpc) is 3.11. The van der Waals surface area contributed by atoms with Crippen LogP contribution in [0.2, 0.25) is 0 Å². The number of hydrogen-bond acceptors (Lipinski definition) is 3. The number of aromatic amines is 1. The van der Waals surface area contributed by atoms with Crippen molar-refractivity contribution >= 4 is 17.7 Å². The summed E-state index contributed by atoms with van der Waals surface area (Å²) in [5.74, 6) is -1.01. The van der Waals surface area contributed by atoms with Crippen LogP contribution in [0.5, 0.6) is 0 Å². The van der Waals surface area contributed by atoms with Crippen molar-refractivity contribution < 1.29 is 14.7 Å². The van der Waals surface area contributed by atoms with Gasteiger partial charge in [-0.05, 0) is 11.6 Å². The molecule has 108 valence electrons. The zero-order chi connectivity index (χ0) is 14.8. The molecule has 3 N–H and O–H groups in total. The predicted molar refractivity (Wildman–Crippen MR) is 74.9 cm³/mol. The number of carbonyl (C=O) groups is 2. The first kappa shape index (κ1) is 13.2. The molecule has 1 atom stereocenters. The first-order valence-corrected chi connectivity index (χ1v) is 6.52. The van der Waals surface area contributed by atoms with Gasteiger partial charge in [0.15, 0.2) is 0 Å². The monoisotopic (exact) mass is 286 g/mol. The molecule has 7 nitrogen and oxygen atoms in total. The van der Waals surface area contributed by atoms with Crippen molar-refractivity contribution in [2.24, 2.45) is 0 Å². The molecule has 3 rings (SSSR count). The molecule has 1 aliphatic heterocycles. The van der Waals surface area contributed by atoms with E-state index in [-0.39, 0.29) is 6.54 Å². The number of fused-ring (bicyclic) bond motifs is 1. The van der Waals surface area contributed by atoms with E-state index in [9.17, 15) is 14.7 Å². The normalized spacial score (nSPS) is 16.6. The van der Waals surface area contributed by atoms with E-state index in [0.717, 1.165) is 11.3 Å². The number of rotatable bonds is 3. The van der Waals surface area contributed by atoms with Crippen molar-refractivity contribution in [3.05, 3.63) is 48.0 Å². The molecule has 0 aliphatic carbocycles. The van der Waals surface area contributed by atoms with Crippen molar-refractivity contribution in [3.63, 3.8) is 0 Å². The molecule has 2 amide bonds. The minimum atomic E-state index is -1.01. The smallest absolute Gasteiger partial charge is 0.327 e. The van der Waals surface area contributed by atoms with Gasteiger partial charge in [0.1, 0.15) is 6.04 Å². The highest BCUT2D eigenvalue weighted by Gasteiger charge is 2.38. The lowest BCUT2D eigenvalue weighted by Gasteiger charge is -2.22. The molecule has 0 radical (unpaired) electrons. The number of hydrogen-bond donors (Lipinski definition) is 3. The number of H-pyrrole nitrogens is 1. The van der Waals surface area contributed by atoms with Gasteiger partial charge in [0.05, 0.1) is 18.6 Å². The van der Waals surface area contributed by atoms with E-state index < -0.39 is 18.0 Å². The fourth-order valence-electron chi connectivity index (χ4n) is 2.47. The number of amides is 2. The molecule has 0 spiro atoms. The molecule has 2 heterocycles. The third kappa shape index (κ3) is 2.45. The number of carboxylic acid groups (broad SMARTS) is 1. The number of imidazole rings is 1. The third-order valence-electron chi connectivity index (χ3n) is 3.46. The van der Waals surface area contributed by atoms with Crippen molar-refractivity contribution in [1.29, 1.82) is 0 Å². The highest BCUT2D eigenvalue weighted by Crippen LogP contribution is 2.32. The lowest BCUT2D eigenvalue weighted by molar-refractivity contribution is -0.138. The van der Waals surface area contributed by atoms with Crippen LogP contribution >= 0.6 is 0 Å². The van der Waals surface area contributed by atoms with E-state index in [4.69, 9.17) is 0 Å². The summed E-state index contributed by atoms with van der Waals surface area (Å²) in [6.07, 6.45) is 3.45. The fourth-order valence-corrected chi connectivity index (χ4v) is 2.47. The number of benzene rings is 1. The Kier molecular flexibility index (Phi) is 3.31. The number of anilines is 1. The van der Waals surface area contributed by atoms with Crippen molar-refractivity contribution in [2.75, 3.05) is 4.90 Å². The number of aliphatic carboxylic acids is 1. The molecule has 2 aromatic rings. The van der Waals surface area contributed by atoms with Crippen molar-refractivity contribution in [1.82, 2.24) is 15.3 Å². The Hall–Kier alpha value is -2.83. The maximum absolute atomic E-state index is 12.3. The minimum absolute atomic E-state index is 0.268. The number of carboxylic acids is 1. The summed E-state index contributed by atoms with van der Waals surface area (Å²) in [5, 5.41) is 12.0. The molecule has 0 bridgehead atoms. The van der Waals surface area contributed by atoms with Crippen LogP contribution < -0.4 is 10.2 Å². The summed E-state index contributed by atoms with van der Waals surface area (Å²) in [4.78, 5) is 31.8. The maximum Gasteiger partial charge on any atom is 0.327 e. The molecule has 0 saturated carbocycles. The van der Waals surface area contributed by atoms with Crippen molar-refractivity contribution in [2.45, 2.75) is 19.0 Å². The van der Waals surface area contributed by atoms with Gasteiger partial charge >= 0.3 is 12.0 Å². The van der Waals surface area contributed by atoms with E-state index in [1.54, 1.807) is 18.3 Å². The largest absolute Gasteiger partial charge is 0.480 e. The van der Waals surface area contributed by atoms with Gasteiger partial charge in [-0.25, -0.2) is 14.6 Å². The molecule has 0 saturated heterocycles. The Labute approximate surface area is 120 Å². The van der Waals surface area contributed by atoms with Gasteiger partial charge in [-0.2, -0.15) is 0 Å². The number of nitrogens with zero attached hydrogens (tertiary/aromatic N) is 2. The molecule has 1 aliphatic rings. The van der Waals surface area contributed by atoms with Crippen LogP contribution in [0.15, 0.2) is 36.8 Å². The van der Waals surface area contributed by atoms with E-state index in [2.05, 4.69) is 15.3 Å². The van der Waals surface area contributed by atoms with Gasteiger partial charge in [-0.15, -0.1) is 0 Å². The van der Waals surface area contributed by atoms with E-state index in [1.165, 1.54) is 11.2 Å². The highest BCUT2D eigenvalue weighted by atomic mass is 16.4. The second-order valence-electron chi connectivity index (χ2n) is 4.79. The lowest BCUT2D eigenvalue weighted by Crippen LogP contribution is -2.47. The lowest BCUT2D eigenvalue weighted by atomic mass is 10.1. The van der Waals surface area contributed by atoms with Crippen LogP contribution in [0.25, 0.3) is 0 Å². The quantitative estimate of drug-likeness (QED) is 0.787. The topological polar surface area (TPSA) is 98.3 Å². The molecule has 0 fully saturated rings. The highest BCUT2D eigenvalue weighted by molar-refractivity contribution is 6.00. The third-order valence-corrected chi connectivity index (χ3v) is 3.46. The Morgan fingerprint density at radius 1 is 1.43 bits per heavy atom. The molecular weight excluding hydrogens is 272 g/mol. The first-order chi connectivity index (χ1) is 10.2. The van der Waals surface area contributed by atoms with Gasteiger partial charge in [0.2, 0.25) is 0 Å². The first-order valence-electron chi connectivity index (χ1n) is 6.52. The second kappa shape index (κ2) is 5.28. The summed E-state index contributed by atoms with van der Waals surface area (Å²) in [6.45, 7) is 0.268. The Morgan fingerprint density at radius 2 is 2.24 bits per heavy atom. The van der Waals surface area contributed by atoms with Crippen LogP contribution in [0.1, 0.15) is 11.3 Å². The summed E-state index contributed by atoms with van der Waals surface area (Å²) in [7, 11) is 0. The SMILES string of the molecule is O=C(O)[C@@H]1Cc2ccccc2N1C(=O)NCc1cnc[nH]1. The average molecular weight is 286 g/mol. The predicted octanol–water partition coefficient (Wildman–Crippen LogP) is 1.14. The van der Waals surface area contributed by atoms with E-state index in [0.29, 0.717) is 12.1 Å². The molecule has 1 aromatic carbocycles. The maximum atomic E-state index is 12.3. The summed E-state index contributed by atoms with van der Waals surface area (Å²) in [5.41, 5.74) is 2.26. The second-order valence-corrected chi connectivity index (χ2v) is 4.79. The van der Waals surface area contributed by atoms with E-state index >= 15 is 0 Å². The zero-order valence-corrected chi connectivity index (χ0v) is 11.1. The number of aromatic nitrogens is 2. The number of para-hydroxylation sites is 1. The molecule has 1 aromatic heterocycles. The van der Waals surface area contributed by atoms with E-state index in [1.807, 2.05) is 12.1 Å². The molecular formula is C14H14N4O3. The Balaban J connectivity index is 1.80. The number of carbonyl (C=O) groups excluding carboxylic acids is 1. The molecule has 21 heavy (non-hydrogen) atoms. The van der Waals surface area contributed by atoms with Crippen molar-refractivity contribution in [3.8, 4) is 0 Å². The fraction of sp³-hybridized carbons (Fsp3) is 0.214. The van der Waals surface area contributed by atoms with Crippen LogP contribution in [-0.4, -0.2) is 33.1 Å². The van der Waals surface area contributed by atoms with Gasteiger partial charge in [0.25, 0.3) is 0 Å². The summed E-state index contributed by atoms with van der Waals surface area (Å²) < 4.78 is 0. The Bertz CT molecular complexity index is 669. The number of nitrogens with one attached hydrogen (secondary N) is 2. The summed E-state index contributed by atoms with van der Waals surface area (Å²) >= 11 is 0. The van der Waals surface area contributed by atoms with Gasteiger partial charge in [0, 0.05) is 18.3 Å². The van der Waals surface area contributed by atoms with Crippen LogP contribution in [-0.2, 0) is 17.8 Å². The van der Waals surface area contributed by atoms with Gasteiger partial charge < -0.3 is 15.4 Å². The summed E-state index contributed by atoms with van der Waals surface area (Å²) in [6, 6.07) is 5.93. The molecule has 7 heteroatoms.